The van der Waals surface area contributed by atoms with Gasteiger partial charge in [0.25, 0.3) is 0 Å². The molecule has 0 aromatic heterocycles. The number of nitrogens with two attached hydrogens (primary N) is 1. The normalized spacial score (nSPS) is 11.7. The van der Waals surface area contributed by atoms with Crippen molar-refractivity contribution in [3.63, 3.8) is 0 Å². The quantitative estimate of drug-likeness (QED) is 0.777. The van der Waals surface area contributed by atoms with E-state index in [9.17, 15) is 9.59 Å². The number of likely N-dealkylation sites (N-methyl/N-ethyl adjacent to an activating group) is 1. The smallest absolute Gasteiger partial charge is 0.242 e. The average molecular weight is 249 g/mol. The number of hydrogen-bond acceptors (Lipinski definition) is 3. The van der Waals surface area contributed by atoms with Crippen molar-refractivity contribution >= 4 is 11.8 Å². The zero-order chi connectivity index (χ0) is 13.5. The highest BCUT2D eigenvalue weighted by atomic mass is 16.2. The average Bonchev–Trinajstić information content (AvgIpc) is 2.36. The first-order chi connectivity index (χ1) is 8.50. The molecule has 0 aliphatic carbocycles. The third-order valence-corrected chi connectivity index (χ3v) is 2.52. The number of carbonyl (C=O) groups is 2. The van der Waals surface area contributed by atoms with Crippen LogP contribution in [0.1, 0.15) is 12.5 Å². The number of hydrogen-bond donors (Lipinski definition) is 2. The Hall–Kier alpha value is -1.88. The van der Waals surface area contributed by atoms with Crippen molar-refractivity contribution in [2.45, 2.75) is 19.5 Å². The van der Waals surface area contributed by atoms with E-state index in [1.807, 2.05) is 30.3 Å². The van der Waals surface area contributed by atoms with Gasteiger partial charge in [0, 0.05) is 13.6 Å². The summed E-state index contributed by atoms with van der Waals surface area (Å²) >= 11 is 0. The van der Waals surface area contributed by atoms with Crippen LogP contribution in [0.4, 0.5) is 0 Å². The van der Waals surface area contributed by atoms with Gasteiger partial charge in [-0.05, 0) is 12.5 Å². The van der Waals surface area contributed by atoms with Gasteiger partial charge in [-0.15, -0.1) is 0 Å². The van der Waals surface area contributed by atoms with E-state index < -0.39 is 6.04 Å². The molecule has 3 N–H and O–H groups in total. The Labute approximate surface area is 107 Å². The van der Waals surface area contributed by atoms with Crippen molar-refractivity contribution in [1.29, 1.82) is 0 Å². The van der Waals surface area contributed by atoms with Gasteiger partial charge in [0.05, 0.1) is 12.6 Å². The molecule has 2 amide bonds. The summed E-state index contributed by atoms with van der Waals surface area (Å²) in [6.45, 7) is 2.07. The van der Waals surface area contributed by atoms with Crippen LogP contribution in [0.2, 0.25) is 0 Å². The molecule has 1 aromatic rings. The minimum absolute atomic E-state index is 0.0241. The molecule has 0 radical (unpaired) electrons. The summed E-state index contributed by atoms with van der Waals surface area (Å²) in [6.07, 6.45) is 0. The molecule has 0 unspecified atom stereocenters. The summed E-state index contributed by atoms with van der Waals surface area (Å²) in [7, 11) is 1.70. The minimum Gasteiger partial charge on any atom is -0.346 e. The van der Waals surface area contributed by atoms with E-state index in [0.29, 0.717) is 6.54 Å². The standard InChI is InChI=1S/C13H19N3O2/c1-10(14)13(18)15-8-12(17)16(2)9-11-6-4-3-5-7-11/h3-7,10H,8-9,14H2,1-2H3,(H,15,18)/t10-/m1/s1. The SMILES string of the molecule is C[C@@H](N)C(=O)NCC(=O)N(C)Cc1ccccc1. The number of rotatable bonds is 5. The highest BCUT2D eigenvalue weighted by molar-refractivity contribution is 5.86. The molecular weight excluding hydrogens is 230 g/mol. The van der Waals surface area contributed by atoms with E-state index >= 15 is 0 Å². The topological polar surface area (TPSA) is 75.4 Å². The van der Waals surface area contributed by atoms with Gasteiger partial charge in [0.2, 0.25) is 11.8 Å². The molecule has 0 saturated heterocycles. The fourth-order valence-corrected chi connectivity index (χ4v) is 1.40. The van der Waals surface area contributed by atoms with Gasteiger partial charge in [-0.25, -0.2) is 0 Å². The Morgan fingerprint density at radius 3 is 2.50 bits per heavy atom. The van der Waals surface area contributed by atoms with Gasteiger partial charge in [-0.3, -0.25) is 9.59 Å². The molecule has 0 aliphatic heterocycles. The van der Waals surface area contributed by atoms with E-state index in [1.54, 1.807) is 18.9 Å². The molecule has 1 aromatic carbocycles. The van der Waals surface area contributed by atoms with Gasteiger partial charge in [0.1, 0.15) is 0 Å². The Morgan fingerprint density at radius 2 is 1.94 bits per heavy atom. The molecule has 0 fully saturated rings. The highest BCUT2D eigenvalue weighted by Crippen LogP contribution is 2.02. The van der Waals surface area contributed by atoms with E-state index in [0.717, 1.165) is 5.56 Å². The van der Waals surface area contributed by atoms with Crippen molar-refractivity contribution in [3.05, 3.63) is 35.9 Å². The molecule has 1 rings (SSSR count). The summed E-state index contributed by atoms with van der Waals surface area (Å²) < 4.78 is 0. The molecular formula is C13H19N3O2. The molecule has 1 atom stereocenters. The van der Waals surface area contributed by atoms with Crippen LogP contribution < -0.4 is 11.1 Å². The van der Waals surface area contributed by atoms with Gasteiger partial charge < -0.3 is 16.0 Å². The Morgan fingerprint density at radius 1 is 1.33 bits per heavy atom. The molecule has 0 bridgehead atoms. The molecule has 98 valence electrons. The predicted octanol–water partition coefficient (Wildman–Crippen LogP) is 0.108. The maximum atomic E-state index is 11.7. The number of nitrogens with one attached hydrogen (secondary N) is 1. The zero-order valence-electron chi connectivity index (χ0n) is 10.7. The number of nitrogens with zero attached hydrogens (tertiary/aromatic N) is 1. The molecule has 0 aliphatic rings. The van der Waals surface area contributed by atoms with Crippen LogP contribution in [-0.2, 0) is 16.1 Å². The summed E-state index contributed by atoms with van der Waals surface area (Å²) in [6, 6.07) is 9.07. The summed E-state index contributed by atoms with van der Waals surface area (Å²) in [5.41, 5.74) is 6.43. The minimum atomic E-state index is -0.600. The van der Waals surface area contributed by atoms with Crippen LogP contribution in [0.25, 0.3) is 0 Å². The molecule has 0 saturated carbocycles. The first kappa shape index (κ1) is 14.2. The molecule has 0 heterocycles. The maximum absolute atomic E-state index is 11.7. The predicted molar refractivity (Wildman–Crippen MR) is 69.6 cm³/mol. The lowest BCUT2D eigenvalue weighted by Gasteiger charge is -2.18. The lowest BCUT2D eigenvalue weighted by Crippen LogP contribution is -2.43. The maximum Gasteiger partial charge on any atom is 0.242 e. The molecule has 5 nitrogen and oxygen atoms in total. The van der Waals surface area contributed by atoms with Gasteiger partial charge >= 0.3 is 0 Å². The number of amides is 2. The molecule has 0 spiro atoms. The number of carbonyl (C=O) groups excluding carboxylic acids is 2. The van der Waals surface area contributed by atoms with Crippen LogP contribution in [0, 0.1) is 0 Å². The fourth-order valence-electron chi connectivity index (χ4n) is 1.40. The first-order valence-electron chi connectivity index (χ1n) is 5.82. The summed E-state index contributed by atoms with van der Waals surface area (Å²) in [5.74, 6) is -0.468. The van der Waals surface area contributed by atoms with Crippen LogP contribution in [0.5, 0.6) is 0 Å². The lowest BCUT2D eigenvalue weighted by molar-refractivity contribution is -0.132. The molecule has 5 heteroatoms. The summed E-state index contributed by atoms with van der Waals surface area (Å²) in [4.78, 5) is 24.5. The lowest BCUT2D eigenvalue weighted by atomic mass is 10.2. The monoisotopic (exact) mass is 249 g/mol. The van der Waals surface area contributed by atoms with Gasteiger partial charge in [-0.1, -0.05) is 30.3 Å². The zero-order valence-corrected chi connectivity index (χ0v) is 10.7. The molecule has 18 heavy (non-hydrogen) atoms. The van der Waals surface area contributed by atoms with Crippen molar-refractivity contribution in [1.82, 2.24) is 10.2 Å². The first-order valence-corrected chi connectivity index (χ1v) is 5.82. The highest BCUT2D eigenvalue weighted by Gasteiger charge is 2.12. The van der Waals surface area contributed by atoms with Crippen molar-refractivity contribution in [2.75, 3.05) is 13.6 Å². The van der Waals surface area contributed by atoms with Crippen molar-refractivity contribution in [2.24, 2.45) is 5.73 Å². The second kappa shape index (κ2) is 6.76. The van der Waals surface area contributed by atoms with E-state index in [4.69, 9.17) is 5.73 Å². The van der Waals surface area contributed by atoms with E-state index in [1.165, 1.54) is 0 Å². The third kappa shape index (κ3) is 4.55. The Bertz CT molecular complexity index is 404. The second-order valence-corrected chi connectivity index (χ2v) is 4.24. The van der Waals surface area contributed by atoms with Crippen LogP contribution >= 0.6 is 0 Å². The van der Waals surface area contributed by atoms with E-state index in [-0.39, 0.29) is 18.4 Å². The Kier molecular flexibility index (Phi) is 5.32. The van der Waals surface area contributed by atoms with Gasteiger partial charge in [-0.2, -0.15) is 0 Å². The second-order valence-electron chi connectivity index (χ2n) is 4.24. The largest absolute Gasteiger partial charge is 0.346 e. The van der Waals surface area contributed by atoms with Crippen molar-refractivity contribution < 1.29 is 9.59 Å². The Balaban J connectivity index is 2.40. The van der Waals surface area contributed by atoms with Crippen molar-refractivity contribution in [3.8, 4) is 0 Å². The van der Waals surface area contributed by atoms with Crippen LogP contribution in [0.3, 0.4) is 0 Å². The van der Waals surface area contributed by atoms with Crippen LogP contribution in [0.15, 0.2) is 30.3 Å². The van der Waals surface area contributed by atoms with Gasteiger partial charge in [0.15, 0.2) is 0 Å². The fraction of sp³-hybridized carbons (Fsp3) is 0.385. The number of benzene rings is 1. The van der Waals surface area contributed by atoms with E-state index in [2.05, 4.69) is 5.32 Å². The van der Waals surface area contributed by atoms with Crippen LogP contribution in [-0.4, -0.2) is 36.3 Å². The third-order valence-electron chi connectivity index (χ3n) is 2.52. The summed E-state index contributed by atoms with van der Waals surface area (Å²) in [5, 5.41) is 2.49.